The minimum Gasteiger partial charge on any atom is -0.469 e. The molecule has 8 fully saturated rings. The number of ether oxygens (including phenoxy) is 15. The first kappa shape index (κ1) is 58.1. The highest BCUT2D eigenvalue weighted by Crippen LogP contribution is 2.57. The largest absolute Gasteiger partial charge is 0.469 e. The maximum Gasteiger partial charge on any atom is 0.309 e. The molecule has 29 atom stereocenters. The van der Waals surface area contributed by atoms with E-state index in [4.69, 9.17) is 71.1 Å². The maximum atomic E-state index is 13.8. The molecule has 77 heavy (non-hydrogen) atoms. The molecule has 2 aliphatic carbocycles. The van der Waals surface area contributed by atoms with Gasteiger partial charge in [-0.1, -0.05) is 18.6 Å². The predicted molar refractivity (Wildman–Crippen MR) is 258 cm³/mol. The lowest BCUT2D eigenvalue weighted by atomic mass is 9.55. The molecule has 8 heterocycles. The van der Waals surface area contributed by atoms with Crippen LogP contribution in [0.2, 0.25) is 0 Å². The first-order chi connectivity index (χ1) is 36.7. The van der Waals surface area contributed by atoms with Crippen molar-refractivity contribution in [3.8, 4) is 0 Å². The van der Waals surface area contributed by atoms with Crippen molar-refractivity contribution in [3.63, 3.8) is 0 Å². The Morgan fingerprint density at radius 1 is 0.688 bits per heavy atom. The summed E-state index contributed by atoms with van der Waals surface area (Å²) in [6.07, 6.45) is -15.6. The first-order valence-corrected chi connectivity index (χ1v) is 27.6. The standard InChI is InChI=1S/C53H82O24/c1-22-46(75-38-17-32(64-7)48(24(3)70-38)77-51-45(61)43(59)41(57)35(74-51)20-65-50-44(60)42(58)40(56)33(18-54)73-50)30(55)15-36(68-22)76-47-23(2)69-37(16-31(47)63-6)71-27-12-13-52(4)26(14-27)9-10-28-29(52)11-8-25-19-66-53(5)39(25)34(21-67-53)72-49(28)62/h9,19,22-24,27-48,50-51,54-61H,8,10-18,20-21H2,1-7H3/t22-,23-,24-,27+,28-,29+,30+,31-,32-,33-,34-,35-,36+,37+,38+,39-,40-,41-,42+,43+,44-,45-,46-,47-,48-,50-,51+,52+,53+/m1/s1. The van der Waals surface area contributed by atoms with E-state index in [-0.39, 0.29) is 54.2 Å². The Labute approximate surface area is 447 Å². The Balaban J connectivity index is 0.689. The van der Waals surface area contributed by atoms with Gasteiger partial charge in [-0.2, -0.15) is 0 Å². The fourth-order valence-electron chi connectivity index (χ4n) is 13.9. The summed E-state index contributed by atoms with van der Waals surface area (Å²) in [6, 6.07) is 0. The van der Waals surface area contributed by atoms with Crippen LogP contribution >= 0.6 is 0 Å². The molecule has 0 aromatic heterocycles. The SMILES string of the molecule is CO[C@@H]1C[C@H](O[C@H]2CC[C@@]3(C)C(=CC[C@H]4C(=O)O[C@@H]5CO[C@]6(C)OC=C(CC[C@@H]43)[C@H]56)C2)O[C@H](C)[C@H]1O[C@H]1C[C@H](O)[C@H](O[C@H]2C[C@@H](OC)[C@H](O[C@@H]3O[C@H](CO[C@@H]4O[C@H](CO)[C@@H](O)[C@H](O)[C@H]4O)[C@@H](O)[C@H](O)[C@H]3O)[C@@H](C)O2)[C@@H](C)O1. The number of hydrogen-bond acceptors (Lipinski definition) is 24. The van der Waals surface area contributed by atoms with Gasteiger partial charge in [0.25, 0.3) is 0 Å². The molecule has 24 heteroatoms. The predicted octanol–water partition coefficient (Wildman–Crippen LogP) is -0.318. The monoisotopic (exact) mass is 1100 g/mol. The molecule has 10 rings (SSSR count). The van der Waals surface area contributed by atoms with E-state index in [0.29, 0.717) is 19.4 Å². The highest BCUT2D eigenvalue weighted by Gasteiger charge is 2.59. The van der Waals surface area contributed by atoms with Crippen molar-refractivity contribution in [3.05, 3.63) is 23.5 Å². The van der Waals surface area contributed by atoms with Gasteiger partial charge in [0.15, 0.2) is 31.5 Å². The van der Waals surface area contributed by atoms with Crippen molar-refractivity contribution < 1.29 is 117 Å². The van der Waals surface area contributed by atoms with Gasteiger partial charge < -0.3 is 112 Å². The summed E-state index contributed by atoms with van der Waals surface area (Å²) >= 11 is 0. The summed E-state index contributed by atoms with van der Waals surface area (Å²) in [7, 11) is 3.08. The summed E-state index contributed by atoms with van der Waals surface area (Å²) in [5, 5.41) is 84.2. The Morgan fingerprint density at radius 2 is 1.29 bits per heavy atom. The van der Waals surface area contributed by atoms with Gasteiger partial charge in [-0.3, -0.25) is 4.79 Å². The van der Waals surface area contributed by atoms with Crippen LogP contribution in [0.15, 0.2) is 23.5 Å². The zero-order valence-corrected chi connectivity index (χ0v) is 44.8. The summed E-state index contributed by atoms with van der Waals surface area (Å²) in [5.41, 5.74) is 2.30. The number of methoxy groups -OCH3 is 2. The molecule has 7 saturated heterocycles. The number of esters is 1. The summed E-state index contributed by atoms with van der Waals surface area (Å²) in [5.74, 6) is -1.12. The van der Waals surface area contributed by atoms with Crippen molar-refractivity contribution in [1.29, 1.82) is 0 Å². The van der Waals surface area contributed by atoms with E-state index in [1.54, 1.807) is 21.0 Å². The van der Waals surface area contributed by atoms with Gasteiger partial charge in [-0.25, -0.2) is 0 Å². The van der Waals surface area contributed by atoms with Crippen LogP contribution in [0, 0.1) is 23.2 Å². The zero-order chi connectivity index (χ0) is 54.8. The molecule has 0 aromatic carbocycles. The Hall–Kier alpha value is -2.09. The summed E-state index contributed by atoms with van der Waals surface area (Å²) in [6.45, 7) is 8.72. The lowest BCUT2D eigenvalue weighted by Crippen LogP contribution is -2.63. The number of aliphatic hydroxyl groups is 8. The second kappa shape index (κ2) is 23.6. The van der Waals surface area contributed by atoms with Gasteiger partial charge in [0.2, 0.25) is 5.79 Å². The number of hydrogen-bond donors (Lipinski definition) is 8. The van der Waals surface area contributed by atoms with Gasteiger partial charge >= 0.3 is 5.97 Å². The fraction of sp³-hybridized carbons (Fsp3) is 0.906. The number of fused-ring (bicyclic) bond motifs is 3. The molecular formula is C53H82O24. The average molecular weight is 1100 g/mol. The van der Waals surface area contributed by atoms with Crippen LogP contribution in [0.3, 0.4) is 0 Å². The molecule has 8 aliphatic heterocycles. The third kappa shape index (κ3) is 11.4. The minimum absolute atomic E-state index is 0.0680. The lowest BCUT2D eigenvalue weighted by Gasteiger charge is -2.51. The van der Waals surface area contributed by atoms with E-state index < -0.39 is 154 Å². The molecule has 438 valence electrons. The zero-order valence-electron chi connectivity index (χ0n) is 44.8. The van der Waals surface area contributed by atoms with E-state index in [1.807, 2.05) is 20.1 Å². The number of carbonyl (C=O) groups excluding carboxylic acids is 1. The second-order valence-electron chi connectivity index (χ2n) is 23.2. The number of carbonyl (C=O) groups is 1. The van der Waals surface area contributed by atoms with Crippen molar-refractivity contribution in [1.82, 2.24) is 0 Å². The third-order valence-electron chi connectivity index (χ3n) is 18.4. The quantitative estimate of drug-likeness (QED) is 0.0817. The average Bonchev–Trinajstić information content (AvgIpc) is 4.01. The smallest absolute Gasteiger partial charge is 0.309 e. The number of aliphatic hydroxyl groups excluding tert-OH is 8. The van der Waals surface area contributed by atoms with Crippen LogP contribution in [-0.4, -0.2) is 234 Å². The summed E-state index contributed by atoms with van der Waals surface area (Å²) < 4.78 is 91.5. The highest BCUT2D eigenvalue weighted by atomic mass is 16.8. The molecule has 1 saturated carbocycles. The van der Waals surface area contributed by atoms with Gasteiger partial charge in [-0.15, -0.1) is 0 Å². The highest BCUT2D eigenvalue weighted by molar-refractivity contribution is 5.74. The first-order valence-electron chi connectivity index (χ1n) is 27.6. The van der Waals surface area contributed by atoms with Crippen molar-refractivity contribution in [2.75, 3.05) is 34.0 Å². The molecule has 8 N–H and O–H groups in total. The third-order valence-corrected chi connectivity index (χ3v) is 18.4. The molecule has 10 aliphatic rings. The van der Waals surface area contributed by atoms with Crippen LogP contribution in [-0.2, 0) is 75.8 Å². The van der Waals surface area contributed by atoms with Gasteiger partial charge in [-0.05, 0) is 76.2 Å². The van der Waals surface area contributed by atoms with Crippen LogP contribution in [0.4, 0.5) is 0 Å². The van der Waals surface area contributed by atoms with Gasteiger partial charge in [0.1, 0.15) is 73.2 Å². The van der Waals surface area contributed by atoms with E-state index >= 15 is 0 Å². The minimum atomic E-state index is -1.76. The maximum absolute atomic E-state index is 13.8. The van der Waals surface area contributed by atoms with E-state index in [0.717, 1.165) is 37.7 Å². The normalized spacial score (nSPS) is 52.1. The fourth-order valence-corrected chi connectivity index (χ4v) is 13.9. The summed E-state index contributed by atoms with van der Waals surface area (Å²) in [4.78, 5) is 13.8. The van der Waals surface area contributed by atoms with Crippen LogP contribution < -0.4 is 0 Å². The van der Waals surface area contributed by atoms with E-state index in [2.05, 4.69) is 13.0 Å². The van der Waals surface area contributed by atoms with E-state index in [1.165, 1.54) is 12.7 Å². The van der Waals surface area contributed by atoms with Crippen LogP contribution in [0.1, 0.15) is 92.4 Å². The Morgan fingerprint density at radius 3 is 1.95 bits per heavy atom. The molecule has 0 spiro atoms. The van der Waals surface area contributed by atoms with Crippen molar-refractivity contribution in [2.24, 2.45) is 23.2 Å². The van der Waals surface area contributed by atoms with Gasteiger partial charge in [0, 0.05) is 40.4 Å². The molecule has 0 unspecified atom stereocenters. The van der Waals surface area contributed by atoms with E-state index in [9.17, 15) is 45.6 Å². The molecule has 0 amide bonds. The number of rotatable bonds is 14. The Bertz CT molecular complexity index is 2070. The van der Waals surface area contributed by atoms with Crippen LogP contribution in [0.5, 0.6) is 0 Å². The topological polar surface area (TPSA) is 317 Å². The Kier molecular flexibility index (Phi) is 17.8. The molecule has 0 radical (unpaired) electrons. The molecule has 0 aromatic rings. The second-order valence-corrected chi connectivity index (χ2v) is 23.2. The molecular weight excluding hydrogens is 1020 g/mol. The molecule has 0 bridgehead atoms. The molecule has 24 nitrogen and oxygen atoms in total. The van der Waals surface area contributed by atoms with Crippen LogP contribution in [0.25, 0.3) is 0 Å². The number of allylic oxidation sites excluding steroid dienone is 1. The van der Waals surface area contributed by atoms with Gasteiger partial charge in [0.05, 0.1) is 80.6 Å². The van der Waals surface area contributed by atoms with Crippen molar-refractivity contribution >= 4 is 5.97 Å². The van der Waals surface area contributed by atoms with Crippen molar-refractivity contribution in [2.45, 2.75) is 246 Å². The lowest BCUT2D eigenvalue weighted by molar-refractivity contribution is -0.361.